The van der Waals surface area contributed by atoms with Crippen LogP contribution in [0.2, 0.25) is 0 Å². The minimum absolute atomic E-state index is 0.253. The van der Waals surface area contributed by atoms with Gasteiger partial charge in [-0.2, -0.15) is 0 Å². The smallest absolute Gasteiger partial charge is 0.281 e. The third-order valence-corrected chi connectivity index (χ3v) is 7.39. The maximum atomic E-state index is 13.1. The van der Waals surface area contributed by atoms with Crippen molar-refractivity contribution in [3.05, 3.63) is 41.0 Å². The molecular formula is C23H32N3O2S+. The van der Waals surface area contributed by atoms with Crippen molar-refractivity contribution in [1.82, 2.24) is 9.88 Å². The highest BCUT2D eigenvalue weighted by Crippen LogP contribution is 2.31. The second-order valence-corrected chi connectivity index (χ2v) is 9.26. The molecule has 2 aromatic rings. The zero-order valence-corrected chi connectivity index (χ0v) is 18.2. The SMILES string of the molecule is COCCN(C(=O)C[NH+]1CCC(c2nc3ccccc3s2)CC1)C1=CCCCC1. The molecule has 0 atom stereocenters. The summed E-state index contributed by atoms with van der Waals surface area (Å²) >= 11 is 1.83. The molecular weight excluding hydrogens is 382 g/mol. The summed E-state index contributed by atoms with van der Waals surface area (Å²) in [6.45, 7) is 3.95. The van der Waals surface area contributed by atoms with Gasteiger partial charge < -0.3 is 14.5 Å². The standard InChI is InChI=1S/C23H31N3O2S/c1-28-16-15-26(19-7-3-2-4-8-19)22(27)17-25-13-11-18(12-14-25)23-24-20-9-5-6-10-21(20)29-23/h5-7,9-10,18H,2-4,8,11-17H2,1H3/p+1. The number of hydrogen-bond donors (Lipinski definition) is 1. The van der Waals surface area contributed by atoms with Crippen LogP contribution in [0.25, 0.3) is 10.2 Å². The lowest BCUT2D eigenvalue weighted by molar-refractivity contribution is -0.897. The Morgan fingerprint density at radius 3 is 2.83 bits per heavy atom. The maximum absolute atomic E-state index is 13.1. The van der Waals surface area contributed by atoms with Crippen molar-refractivity contribution in [2.75, 3.05) is 39.9 Å². The van der Waals surface area contributed by atoms with Gasteiger partial charge in [0.1, 0.15) is 0 Å². The molecule has 0 radical (unpaired) electrons. The van der Waals surface area contributed by atoms with Gasteiger partial charge in [-0.1, -0.05) is 18.2 Å². The molecule has 1 N–H and O–H groups in total. The van der Waals surface area contributed by atoms with Crippen molar-refractivity contribution in [2.24, 2.45) is 0 Å². The summed E-state index contributed by atoms with van der Waals surface area (Å²) < 4.78 is 6.54. The summed E-state index contributed by atoms with van der Waals surface area (Å²) in [5, 5.41) is 1.27. The molecule has 1 aliphatic heterocycles. The van der Waals surface area contributed by atoms with E-state index in [1.54, 1.807) is 7.11 Å². The van der Waals surface area contributed by atoms with E-state index in [9.17, 15) is 4.79 Å². The molecule has 0 spiro atoms. The van der Waals surface area contributed by atoms with E-state index in [1.807, 2.05) is 16.2 Å². The number of benzene rings is 1. The monoisotopic (exact) mass is 414 g/mol. The average molecular weight is 415 g/mol. The van der Waals surface area contributed by atoms with Gasteiger partial charge in [-0.25, -0.2) is 4.98 Å². The number of methoxy groups -OCH3 is 1. The van der Waals surface area contributed by atoms with Gasteiger partial charge in [0.15, 0.2) is 6.54 Å². The largest absolute Gasteiger partial charge is 0.383 e. The Morgan fingerprint density at radius 1 is 1.28 bits per heavy atom. The number of piperidine rings is 1. The second kappa shape index (κ2) is 9.83. The summed E-state index contributed by atoms with van der Waals surface area (Å²) in [6.07, 6.45) is 9.01. The molecule has 0 bridgehead atoms. The van der Waals surface area contributed by atoms with E-state index in [2.05, 4.69) is 30.3 Å². The maximum Gasteiger partial charge on any atom is 0.281 e. The molecule has 0 saturated carbocycles. The summed E-state index contributed by atoms with van der Waals surface area (Å²) in [4.78, 5) is 21.3. The van der Waals surface area contributed by atoms with Crippen LogP contribution in [0.1, 0.15) is 49.5 Å². The van der Waals surface area contributed by atoms with Crippen LogP contribution < -0.4 is 4.90 Å². The van der Waals surface area contributed by atoms with Crippen LogP contribution in [-0.4, -0.2) is 55.7 Å². The highest BCUT2D eigenvalue weighted by atomic mass is 32.1. The Labute approximate surface area is 177 Å². The summed E-state index contributed by atoms with van der Waals surface area (Å²) in [5.74, 6) is 0.792. The zero-order valence-electron chi connectivity index (χ0n) is 17.4. The van der Waals surface area contributed by atoms with Gasteiger partial charge in [-0.3, -0.25) is 4.79 Å². The summed E-state index contributed by atoms with van der Waals surface area (Å²) in [5.41, 5.74) is 2.33. The van der Waals surface area contributed by atoms with Crippen molar-refractivity contribution in [2.45, 2.75) is 44.4 Å². The van der Waals surface area contributed by atoms with Crippen molar-refractivity contribution in [1.29, 1.82) is 0 Å². The van der Waals surface area contributed by atoms with E-state index in [-0.39, 0.29) is 5.91 Å². The number of rotatable bonds is 7. The van der Waals surface area contributed by atoms with Crippen molar-refractivity contribution in [3.63, 3.8) is 0 Å². The number of hydrogen-bond acceptors (Lipinski definition) is 4. The number of thiazole rings is 1. The molecule has 6 heteroatoms. The molecule has 29 heavy (non-hydrogen) atoms. The number of nitrogens with zero attached hydrogens (tertiary/aromatic N) is 2. The number of amides is 1. The Kier molecular flexibility index (Phi) is 6.95. The topological polar surface area (TPSA) is 46.9 Å². The van der Waals surface area contributed by atoms with Gasteiger partial charge in [-0.05, 0) is 37.8 Å². The number of quaternary nitrogens is 1. The fourth-order valence-electron chi connectivity index (χ4n) is 4.50. The fraction of sp³-hybridized carbons (Fsp3) is 0.565. The lowest BCUT2D eigenvalue weighted by Crippen LogP contribution is -3.14. The van der Waals surface area contributed by atoms with Gasteiger partial charge in [0.05, 0.1) is 34.9 Å². The molecule has 5 nitrogen and oxygen atoms in total. The molecule has 1 aromatic carbocycles. The Morgan fingerprint density at radius 2 is 2.10 bits per heavy atom. The summed E-state index contributed by atoms with van der Waals surface area (Å²) in [7, 11) is 1.70. The van der Waals surface area contributed by atoms with Crippen LogP contribution in [-0.2, 0) is 9.53 Å². The Bertz CT molecular complexity index is 822. The van der Waals surface area contributed by atoms with Crippen LogP contribution in [0.3, 0.4) is 0 Å². The minimum atomic E-state index is 0.253. The van der Waals surface area contributed by atoms with Crippen LogP contribution in [0.4, 0.5) is 0 Å². The van der Waals surface area contributed by atoms with Crippen LogP contribution >= 0.6 is 11.3 Å². The number of likely N-dealkylation sites (tertiary alicyclic amines) is 1. The average Bonchev–Trinajstić information content (AvgIpc) is 3.19. The van der Waals surface area contributed by atoms with Gasteiger partial charge in [0.25, 0.3) is 5.91 Å². The van der Waals surface area contributed by atoms with Gasteiger partial charge in [0.2, 0.25) is 0 Å². The molecule has 1 aliphatic carbocycles. The predicted molar refractivity (Wildman–Crippen MR) is 117 cm³/mol. The van der Waals surface area contributed by atoms with E-state index < -0.39 is 0 Å². The number of carbonyl (C=O) groups is 1. The molecule has 1 fully saturated rings. The van der Waals surface area contributed by atoms with E-state index in [0.29, 0.717) is 25.6 Å². The summed E-state index contributed by atoms with van der Waals surface area (Å²) in [6, 6.07) is 8.40. The highest BCUT2D eigenvalue weighted by molar-refractivity contribution is 7.18. The van der Waals surface area contributed by atoms with Crippen molar-refractivity contribution >= 4 is 27.5 Å². The molecule has 2 aliphatic rings. The number of ether oxygens (including phenoxy) is 1. The quantitative estimate of drug-likeness (QED) is 0.758. The first-order chi connectivity index (χ1) is 14.2. The predicted octanol–water partition coefficient (Wildman–Crippen LogP) is 2.99. The van der Waals surface area contributed by atoms with E-state index in [4.69, 9.17) is 9.72 Å². The number of para-hydroxylation sites is 1. The normalized spacial score (nSPS) is 22.4. The Balaban J connectivity index is 1.33. The molecule has 1 aromatic heterocycles. The number of aromatic nitrogens is 1. The first kappa shape index (κ1) is 20.5. The second-order valence-electron chi connectivity index (χ2n) is 8.20. The highest BCUT2D eigenvalue weighted by Gasteiger charge is 2.29. The first-order valence-electron chi connectivity index (χ1n) is 10.9. The number of fused-ring (bicyclic) bond motifs is 1. The van der Waals surface area contributed by atoms with Crippen molar-refractivity contribution in [3.8, 4) is 0 Å². The zero-order chi connectivity index (χ0) is 20.1. The van der Waals surface area contributed by atoms with Gasteiger partial charge in [-0.15, -0.1) is 11.3 Å². The molecule has 2 heterocycles. The van der Waals surface area contributed by atoms with E-state index >= 15 is 0 Å². The van der Waals surface area contributed by atoms with Crippen LogP contribution in [0.5, 0.6) is 0 Å². The number of carbonyl (C=O) groups excluding carboxylic acids is 1. The first-order valence-corrected chi connectivity index (χ1v) is 11.7. The fourth-order valence-corrected chi connectivity index (χ4v) is 5.64. The molecule has 1 amide bonds. The number of allylic oxidation sites excluding steroid dienone is 2. The molecule has 156 valence electrons. The van der Waals surface area contributed by atoms with Crippen molar-refractivity contribution < 1.29 is 14.4 Å². The van der Waals surface area contributed by atoms with Gasteiger partial charge in [0, 0.05) is 38.1 Å². The van der Waals surface area contributed by atoms with Crippen LogP contribution in [0, 0.1) is 0 Å². The Hall–Kier alpha value is -1.76. The lowest BCUT2D eigenvalue weighted by atomic mass is 9.97. The number of nitrogens with one attached hydrogen (secondary N) is 1. The van der Waals surface area contributed by atoms with Gasteiger partial charge >= 0.3 is 0 Å². The molecule has 4 rings (SSSR count). The molecule has 0 unspecified atom stereocenters. The lowest BCUT2D eigenvalue weighted by Gasteiger charge is -2.31. The third kappa shape index (κ3) is 5.05. The van der Waals surface area contributed by atoms with E-state index in [1.165, 1.54) is 33.1 Å². The molecule has 1 saturated heterocycles. The van der Waals surface area contributed by atoms with Crippen LogP contribution in [0.15, 0.2) is 36.0 Å². The van der Waals surface area contributed by atoms with E-state index in [0.717, 1.165) is 44.3 Å². The third-order valence-electron chi connectivity index (χ3n) is 6.19. The minimum Gasteiger partial charge on any atom is -0.383 e.